The van der Waals surface area contributed by atoms with E-state index in [1.807, 2.05) is 0 Å². The third-order valence-electron chi connectivity index (χ3n) is 4.12. The summed E-state index contributed by atoms with van der Waals surface area (Å²) in [6, 6.07) is 9.55. The molecule has 3 rings (SSSR count). The van der Waals surface area contributed by atoms with Crippen LogP contribution in [0.4, 0.5) is 0 Å². The normalized spacial score (nSPS) is 31.3. The molecule has 1 heterocycles. The lowest BCUT2D eigenvalue weighted by molar-refractivity contribution is 0.291. The fourth-order valence-corrected chi connectivity index (χ4v) is 4.55. The zero-order valence-electron chi connectivity index (χ0n) is 10.6. The molecule has 3 heteroatoms. The van der Waals surface area contributed by atoms with Gasteiger partial charge in [0.1, 0.15) is 0 Å². The van der Waals surface area contributed by atoms with Crippen molar-refractivity contribution < 1.29 is 0 Å². The van der Waals surface area contributed by atoms with E-state index >= 15 is 0 Å². The Morgan fingerprint density at radius 3 is 2.94 bits per heavy atom. The van der Waals surface area contributed by atoms with Crippen LogP contribution in [0.1, 0.15) is 37.2 Å². The highest BCUT2D eigenvalue weighted by molar-refractivity contribution is 9.10. The van der Waals surface area contributed by atoms with Crippen LogP contribution in [0.3, 0.4) is 0 Å². The fourth-order valence-electron chi connectivity index (χ4n) is 2.92. The van der Waals surface area contributed by atoms with E-state index in [1.165, 1.54) is 48.0 Å². The van der Waals surface area contributed by atoms with Crippen LogP contribution in [0.5, 0.6) is 0 Å². The molecule has 1 N–H and O–H groups in total. The molecular formula is C15H20BrNS. The average Bonchev–Trinajstić information content (AvgIpc) is 2.80. The first kappa shape index (κ1) is 13.0. The molecule has 1 nitrogen and oxygen atoms in total. The number of rotatable bonds is 4. The zero-order valence-corrected chi connectivity index (χ0v) is 13.0. The van der Waals surface area contributed by atoms with Gasteiger partial charge in [-0.15, -0.1) is 0 Å². The van der Waals surface area contributed by atoms with Gasteiger partial charge in [-0.1, -0.05) is 28.1 Å². The van der Waals surface area contributed by atoms with Crippen molar-refractivity contribution in [1.82, 2.24) is 5.32 Å². The van der Waals surface area contributed by atoms with E-state index in [1.54, 1.807) is 0 Å². The van der Waals surface area contributed by atoms with Crippen LogP contribution in [0.25, 0.3) is 0 Å². The van der Waals surface area contributed by atoms with Crippen molar-refractivity contribution in [2.45, 2.75) is 42.9 Å². The van der Waals surface area contributed by atoms with Crippen LogP contribution in [-0.2, 0) is 0 Å². The van der Waals surface area contributed by atoms with Gasteiger partial charge in [0.15, 0.2) is 0 Å². The minimum absolute atomic E-state index is 0.759. The summed E-state index contributed by atoms with van der Waals surface area (Å²) in [6.07, 6.45) is 5.46. The van der Waals surface area contributed by atoms with Crippen molar-refractivity contribution in [3.8, 4) is 0 Å². The molecule has 0 spiro atoms. The molecule has 0 bridgehead atoms. The maximum absolute atomic E-state index is 3.74. The Morgan fingerprint density at radius 1 is 1.33 bits per heavy atom. The molecule has 1 unspecified atom stereocenters. The summed E-state index contributed by atoms with van der Waals surface area (Å²) in [6.45, 7) is 1.22. The van der Waals surface area contributed by atoms with E-state index in [0.717, 1.165) is 17.2 Å². The molecule has 1 saturated carbocycles. The van der Waals surface area contributed by atoms with E-state index in [4.69, 9.17) is 0 Å². The molecule has 1 saturated heterocycles. The summed E-state index contributed by atoms with van der Waals surface area (Å²) in [7, 11) is 0. The van der Waals surface area contributed by atoms with Crippen molar-refractivity contribution in [2.24, 2.45) is 0 Å². The number of benzene rings is 1. The SMILES string of the molecule is Brc1cccc(C2CC(NCC3CCCS3)C2)c1. The number of hydrogen-bond acceptors (Lipinski definition) is 2. The quantitative estimate of drug-likeness (QED) is 0.891. The van der Waals surface area contributed by atoms with E-state index in [0.29, 0.717) is 0 Å². The Balaban J connectivity index is 1.42. The standard InChI is InChI=1S/C15H20BrNS/c16-13-4-1-3-11(7-13)12-8-14(9-12)17-10-15-5-2-6-18-15/h1,3-4,7,12,14-15,17H,2,5-6,8-10H2. The molecule has 1 aromatic rings. The van der Waals surface area contributed by atoms with Gasteiger partial charge in [-0.05, 0) is 55.1 Å². The zero-order chi connectivity index (χ0) is 12.4. The second-order valence-corrected chi connectivity index (χ2v) is 7.79. The first-order valence-corrected chi connectivity index (χ1v) is 8.76. The molecule has 1 atom stereocenters. The van der Waals surface area contributed by atoms with Gasteiger partial charge in [0, 0.05) is 22.3 Å². The maximum Gasteiger partial charge on any atom is 0.0178 e. The molecule has 0 radical (unpaired) electrons. The summed E-state index contributed by atoms with van der Waals surface area (Å²) in [4.78, 5) is 0. The fraction of sp³-hybridized carbons (Fsp3) is 0.600. The Labute approximate surface area is 122 Å². The maximum atomic E-state index is 3.74. The van der Waals surface area contributed by atoms with Crippen molar-refractivity contribution in [3.63, 3.8) is 0 Å². The van der Waals surface area contributed by atoms with E-state index in [2.05, 4.69) is 57.3 Å². The summed E-state index contributed by atoms with van der Waals surface area (Å²) in [5.41, 5.74) is 1.50. The van der Waals surface area contributed by atoms with Gasteiger partial charge >= 0.3 is 0 Å². The summed E-state index contributed by atoms with van der Waals surface area (Å²) in [5, 5.41) is 4.63. The monoisotopic (exact) mass is 325 g/mol. The van der Waals surface area contributed by atoms with Crippen LogP contribution in [0, 0.1) is 0 Å². The van der Waals surface area contributed by atoms with Gasteiger partial charge < -0.3 is 5.32 Å². The predicted octanol–water partition coefficient (Wildman–Crippen LogP) is 4.18. The lowest BCUT2D eigenvalue weighted by Gasteiger charge is -2.37. The Bertz CT molecular complexity index is 397. The molecule has 2 aliphatic rings. The first-order valence-electron chi connectivity index (χ1n) is 6.92. The van der Waals surface area contributed by atoms with E-state index in [-0.39, 0.29) is 0 Å². The molecule has 0 aromatic heterocycles. The van der Waals surface area contributed by atoms with Crippen LogP contribution < -0.4 is 5.32 Å². The molecule has 18 heavy (non-hydrogen) atoms. The van der Waals surface area contributed by atoms with Gasteiger partial charge in [0.2, 0.25) is 0 Å². The van der Waals surface area contributed by atoms with E-state index in [9.17, 15) is 0 Å². The molecule has 2 fully saturated rings. The number of nitrogens with one attached hydrogen (secondary N) is 1. The second-order valence-electron chi connectivity index (χ2n) is 5.46. The van der Waals surface area contributed by atoms with Crippen LogP contribution in [0.15, 0.2) is 28.7 Å². The minimum atomic E-state index is 0.759. The van der Waals surface area contributed by atoms with Crippen molar-refractivity contribution >= 4 is 27.7 Å². The summed E-state index contributed by atoms with van der Waals surface area (Å²) < 4.78 is 1.21. The van der Waals surface area contributed by atoms with Crippen molar-refractivity contribution in [1.29, 1.82) is 0 Å². The Hall–Kier alpha value is 0.01000. The van der Waals surface area contributed by atoms with Gasteiger partial charge in [-0.25, -0.2) is 0 Å². The molecule has 1 aliphatic carbocycles. The van der Waals surface area contributed by atoms with Gasteiger partial charge in [0.05, 0.1) is 0 Å². The Morgan fingerprint density at radius 2 is 2.22 bits per heavy atom. The lowest BCUT2D eigenvalue weighted by Crippen LogP contribution is -2.42. The largest absolute Gasteiger partial charge is 0.313 e. The molecular weight excluding hydrogens is 306 g/mol. The van der Waals surface area contributed by atoms with Crippen molar-refractivity contribution in [3.05, 3.63) is 34.3 Å². The Kier molecular flexibility index (Phi) is 4.32. The first-order chi connectivity index (χ1) is 8.81. The van der Waals surface area contributed by atoms with Crippen LogP contribution in [-0.4, -0.2) is 23.6 Å². The number of thioether (sulfide) groups is 1. The highest BCUT2D eigenvalue weighted by atomic mass is 79.9. The molecule has 0 amide bonds. The molecule has 98 valence electrons. The van der Waals surface area contributed by atoms with Crippen LogP contribution in [0.2, 0.25) is 0 Å². The third kappa shape index (κ3) is 3.12. The van der Waals surface area contributed by atoms with E-state index < -0.39 is 0 Å². The topological polar surface area (TPSA) is 12.0 Å². The van der Waals surface area contributed by atoms with Crippen molar-refractivity contribution in [2.75, 3.05) is 12.3 Å². The number of halogens is 1. The third-order valence-corrected chi connectivity index (χ3v) is 6.01. The predicted molar refractivity (Wildman–Crippen MR) is 83.4 cm³/mol. The second kappa shape index (κ2) is 5.98. The molecule has 1 aromatic carbocycles. The lowest BCUT2D eigenvalue weighted by atomic mass is 9.76. The van der Waals surface area contributed by atoms with Gasteiger partial charge in [-0.3, -0.25) is 0 Å². The number of hydrogen-bond donors (Lipinski definition) is 1. The van der Waals surface area contributed by atoms with Gasteiger partial charge in [-0.2, -0.15) is 11.8 Å². The minimum Gasteiger partial charge on any atom is -0.313 e. The molecule has 1 aliphatic heterocycles. The smallest absolute Gasteiger partial charge is 0.0178 e. The highest BCUT2D eigenvalue weighted by Gasteiger charge is 2.30. The average molecular weight is 326 g/mol. The highest BCUT2D eigenvalue weighted by Crippen LogP contribution is 2.38. The van der Waals surface area contributed by atoms with Crippen LogP contribution >= 0.6 is 27.7 Å². The summed E-state index contributed by atoms with van der Waals surface area (Å²) in [5.74, 6) is 2.15. The van der Waals surface area contributed by atoms with Gasteiger partial charge in [0.25, 0.3) is 0 Å². The summed E-state index contributed by atoms with van der Waals surface area (Å²) >= 11 is 5.71.